The van der Waals surface area contributed by atoms with Crippen LogP contribution in [0, 0.1) is 0 Å². The second-order valence-corrected chi connectivity index (χ2v) is 10.9. The van der Waals surface area contributed by atoms with Gasteiger partial charge in [-0.2, -0.15) is 0 Å². The van der Waals surface area contributed by atoms with E-state index in [0.29, 0.717) is 25.9 Å². The van der Waals surface area contributed by atoms with Gasteiger partial charge in [-0.3, -0.25) is 4.79 Å². The Labute approximate surface area is 184 Å². The van der Waals surface area contributed by atoms with Crippen molar-refractivity contribution in [1.82, 2.24) is 4.90 Å². The molecular weight excluding hydrogens is 395 g/mol. The summed E-state index contributed by atoms with van der Waals surface area (Å²) in [6, 6.07) is 5.93. The van der Waals surface area contributed by atoms with Crippen LogP contribution in [0.3, 0.4) is 0 Å². The molecule has 1 aromatic rings. The van der Waals surface area contributed by atoms with Crippen molar-refractivity contribution in [2.45, 2.75) is 83.5 Å². The summed E-state index contributed by atoms with van der Waals surface area (Å²) in [7, 11) is -0.482. The van der Waals surface area contributed by atoms with Gasteiger partial charge in [-0.05, 0) is 78.4 Å². The Hall–Kier alpha value is -2.06. The molecule has 2 fully saturated rings. The number of nitrogens with zero attached hydrogens (tertiary/aromatic N) is 1. The van der Waals surface area contributed by atoms with Crippen LogP contribution in [-0.2, 0) is 24.3 Å². The number of carbonyl (C=O) groups excluding carboxylic acids is 2. The number of benzene rings is 1. The Kier molecular flexibility index (Phi) is 4.98. The van der Waals surface area contributed by atoms with Crippen LogP contribution in [0.15, 0.2) is 18.2 Å². The van der Waals surface area contributed by atoms with Crippen LogP contribution in [0.25, 0.3) is 0 Å². The monoisotopic (exact) mass is 428 g/mol. The van der Waals surface area contributed by atoms with Gasteiger partial charge in [-0.1, -0.05) is 12.1 Å². The van der Waals surface area contributed by atoms with E-state index < -0.39 is 29.3 Å². The summed E-state index contributed by atoms with van der Waals surface area (Å²) in [6.45, 7) is 14.6. The zero-order valence-corrected chi connectivity index (χ0v) is 19.6. The van der Waals surface area contributed by atoms with Crippen LogP contribution in [0.4, 0.5) is 10.5 Å². The van der Waals surface area contributed by atoms with Gasteiger partial charge in [0.1, 0.15) is 5.60 Å². The van der Waals surface area contributed by atoms with Crippen molar-refractivity contribution in [1.29, 1.82) is 0 Å². The number of hydrogen-bond acceptors (Lipinski definition) is 5. The van der Waals surface area contributed by atoms with Crippen molar-refractivity contribution in [3.8, 4) is 0 Å². The molecule has 1 spiro atoms. The fraction of sp³-hybridized carbons (Fsp3) is 0.652. The minimum atomic E-state index is -0.645. The third-order valence-electron chi connectivity index (χ3n) is 7.04. The van der Waals surface area contributed by atoms with E-state index in [2.05, 4.69) is 5.32 Å². The lowest BCUT2D eigenvalue weighted by molar-refractivity contribution is -0.122. The number of hydrogen-bond donors (Lipinski definition) is 1. The number of ether oxygens (including phenoxy) is 1. The molecule has 3 heterocycles. The van der Waals surface area contributed by atoms with E-state index in [1.165, 1.54) is 0 Å². The zero-order chi connectivity index (χ0) is 22.8. The van der Waals surface area contributed by atoms with Gasteiger partial charge in [0.15, 0.2) is 0 Å². The minimum absolute atomic E-state index is 0.00240. The topological polar surface area (TPSA) is 77.1 Å². The van der Waals surface area contributed by atoms with Gasteiger partial charge in [-0.15, -0.1) is 0 Å². The molecule has 0 unspecified atom stereocenters. The summed E-state index contributed by atoms with van der Waals surface area (Å²) < 4.78 is 17.9. The van der Waals surface area contributed by atoms with Gasteiger partial charge in [0.2, 0.25) is 5.91 Å². The minimum Gasteiger partial charge on any atom is -0.444 e. The molecule has 2 amide bonds. The number of anilines is 1. The van der Waals surface area contributed by atoms with Crippen LogP contribution in [0.1, 0.15) is 66.9 Å². The molecule has 3 aliphatic heterocycles. The van der Waals surface area contributed by atoms with Gasteiger partial charge >= 0.3 is 13.2 Å². The highest BCUT2D eigenvalue weighted by atomic mass is 16.7. The molecule has 2 saturated heterocycles. The molecule has 4 rings (SSSR count). The molecular formula is C23H33BN2O5. The summed E-state index contributed by atoms with van der Waals surface area (Å²) in [5.41, 5.74) is 0.657. The number of likely N-dealkylation sites (tertiary alicyclic amines) is 1. The standard InChI is InChI=1S/C23H33BN2O5/c1-20(2,3)29-19(28)26-12-10-23(11-13-26)16-14-15(8-9-17(16)25-18(23)27)24-30-21(4,5)22(6,7)31-24/h8-9,14H,10-13H2,1-7H3,(H,25,27). The molecule has 168 valence electrons. The summed E-state index contributed by atoms with van der Waals surface area (Å²) in [5, 5.41) is 3.04. The molecule has 0 aliphatic carbocycles. The van der Waals surface area contributed by atoms with Crippen LogP contribution < -0.4 is 10.8 Å². The molecule has 31 heavy (non-hydrogen) atoms. The maximum Gasteiger partial charge on any atom is 0.494 e. The molecule has 0 aromatic heterocycles. The van der Waals surface area contributed by atoms with E-state index >= 15 is 0 Å². The third kappa shape index (κ3) is 3.74. The smallest absolute Gasteiger partial charge is 0.444 e. The first-order chi connectivity index (χ1) is 14.2. The van der Waals surface area contributed by atoms with Gasteiger partial charge < -0.3 is 24.3 Å². The van der Waals surface area contributed by atoms with E-state index in [4.69, 9.17) is 14.0 Å². The number of rotatable bonds is 1. The van der Waals surface area contributed by atoms with Crippen molar-refractivity contribution in [3.05, 3.63) is 23.8 Å². The second kappa shape index (κ2) is 6.97. The second-order valence-electron chi connectivity index (χ2n) is 10.9. The first-order valence-corrected chi connectivity index (χ1v) is 11.0. The average Bonchev–Trinajstić information content (AvgIpc) is 3.03. The third-order valence-corrected chi connectivity index (χ3v) is 7.04. The predicted octanol–water partition coefficient (Wildman–Crippen LogP) is 3.21. The first-order valence-electron chi connectivity index (χ1n) is 11.0. The average molecular weight is 428 g/mol. The fourth-order valence-corrected chi connectivity index (χ4v) is 4.45. The lowest BCUT2D eigenvalue weighted by Gasteiger charge is -2.38. The quantitative estimate of drug-likeness (QED) is 0.696. The van der Waals surface area contributed by atoms with E-state index in [-0.39, 0.29) is 12.0 Å². The Morgan fingerprint density at radius 3 is 2.23 bits per heavy atom. The van der Waals surface area contributed by atoms with Gasteiger partial charge in [0.25, 0.3) is 0 Å². The first kappa shape index (κ1) is 22.2. The van der Waals surface area contributed by atoms with Crippen molar-refractivity contribution in [2.24, 2.45) is 0 Å². The molecule has 0 saturated carbocycles. The number of amides is 2. The van der Waals surface area contributed by atoms with Crippen LogP contribution in [0.2, 0.25) is 0 Å². The Bertz CT molecular complexity index is 897. The number of fused-ring (bicyclic) bond motifs is 2. The summed E-state index contributed by atoms with van der Waals surface area (Å²) in [6.07, 6.45) is 0.780. The summed E-state index contributed by atoms with van der Waals surface area (Å²) in [4.78, 5) is 27.2. The van der Waals surface area contributed by atoms with Crippen molar-refractivity contribution in [3.63, 3.8) is 0 Å². The Balaban J connectivity index is 1.56. The molecule has 1 N–H and O–H groups in total. The molecule has 1 aromatic carbocycles. The Morgan fingerprint density at radius 2 is 1.68 bits per heavy atom. The molecule has 0 radical (unpaired) electrons. The van der Waals surface area contributed by atoms with Crippen molar-refractivity contribution < 1.29 is 23.6 Å². The van der Waals surface area contributed by atoms with Crippen LogP contribution in [-0.4, -0.2) is 53.9 Å². The highest BCUT2D eigenvalue weighted by Gasteiger charge is 2.53. The fourth-order valence-electron chi connectivity index (χ4n) is 4.45. The number of nitrogens with one attached hydrogen (secondary N) is 1. The van der Waals surface area contributed by atoms with Crippen molar-refractivity contribution >= 4 is 30.3 Å². The van der Waals surface area contributed by atoms with Crippen LogP contribution >= 0.6 is 0 Å². The largest absolute Gasteiger partial charge is 0.494 e. The van der Waals surface area contributed by atoms with Crippen LogP contribution in [0.5, 0.6) is 0 Å². The molecule has 3 aliphatic rings. The Morgan fingerprint density at radius 1 is 1.10 bits per heavy atom. The van der Waals surface area contributed by atoms with Gasteiger partial charge in [0.05, 0.1) is 16.6 Å². The maximum absolute atomic E-state index is 13.0. The molecule has 7 nitrogen and oxygen atoms in total. The number of carbonyl (C=O) groups is 2. The van der Waals surface area contributed by atoms with E-state index in [1.807, 2.05) is 66.7 Å². The lowest BCUT2D eigenvalue weighted by Crippen LogP contribution is -2.49. The van der Waals surface area contributed by atoms with E-state index in [0.717, 1.165) is 16.7 Å². The summed E-state index contributed by atoms with van der Waals surface area (Å²) in [5.74, 6) is -0.00240. The summed E-state index contributed by atoms with van der Waals surface area (Å²) >= 11 is 0. The highest BCUT2D eigenvalue weighted by molar-refractivity contribution is 6.62. The zero-order valence-electron chi connectivity index (χ0n) is 19.6. The van der Waals surface area contributed by atoms with E-state index in [1.54, 1.807) is 4.90 Å². The van der Waals surface area contributed by atoms with Crippen molar-refractivity contribution in [2.75, 3.05) is 18.4 Å². The molecule has 8 heteroatoms. The van der Waals surface area contributed by atoms with E-state index in [9.17, 15) is 9.59 Å². The predicted molar refractivity (Wildman–Crippen MR) is 120 cm³/mol. The lowest BCUT2D eigenvalue weighted by atomic mass is 9.70. The number of piperidine rings is 1. The van der Waals surface area contributed by atoms with Gasteiger partial charge in [0, 0.05) is 18.8 Å². The maximum atomic E-state index is 13.0. The van der Waals surface area contributed by atoms with Gasteiger partial charge in [-0.25, -0.2) is 4.79 Å². The normalized spacial score (nSPS) is 23.6. The molecule has 0 bridgehead atoms. The highest BCUT2D eigenvalue weighted by Crippen LogP contribution is 2.45. The molecule has 0 atom stereocenters. The SMILES string of the molecule is CC(C)(C)OC(=O)N1CCC2(CC1)C(=O)Nc1ccc(B3OC(C)(C)C(C)(C)O3)cc12.